The van der Waals surface area contributed by atoms with E-state index in [0.29, 0.717) is 17.6 Å². The van der Waals surface area contributed by atoms with Crippen LogP contribution in [0.4, 0.5) is 4.39 Å². The molecule has 0 spiro atoms. The van der Waals surface area contributed by atoms with Crippen LogP contribution < -0.4 is 5.32 Å². The van der Waals surface area contributed by atoms with Gasteiger partial charge in [0.15, 0.2) is 5.76 Å². The molecule has 4 nitrogen and oxygen atoms in total. The van der Waals surface area contributed by atoms with E-state index in [9.17, 15) is 9.18 Å². The molecule has 6 heteroatoms. The van der Waals surface area contributed by atoms with Gasteiger partial charge in [-0.05, 0) is 38.0 Å². The maximum absolute atomic E-state index is 13.0. The molecule has 2 aliphatic rings. The maximum Gasteiger partial charge on any atom is 0.287 e. The Balaban J connectivity index is 1.54. The molecule has 0 bridgehead atoms. The van der Waals surface area contributed by atoms with Gasteiger partial charge in [-0.2, -0.15) is 0 Å². The lowest BCUT2D eigenvalue weighted by molar-refractivity contribution is 0.0920. The van der Waals surface area contributed by atoms with E-state index in [1.807, 2.05) is 25.6 Å². The lowest BCUT2D eigenvalue weighted by Crippen LogP contribution is -2.23. The number of carbonyl (C=O) groups is 1. The second kappa shape index (κ2) is 6.33. The van der Waals surface area contributed by atoms with Crippen molar-refractivity contribution in [1.29, 1.82) is 0 Å². The average Bonchev–Trinajstić information content (AvgIpc) is 3.13. The smallest absolute Gasteiger partial charge is 0.287 e. The third-order valence-corrected chi connectivity index (χ3v) is 6.03. The second-order valence-electron chi connectivity index (χ2n) is 6.49. The van der Waals surface area contributed by atoms with Gasteiger partial charge in [0.25, 0.3) is 5.91 Å². The number of amides is 1. The molecule has 25 heavy (non-hydrogen) atoms. The van der Waals surface area contributed by atoms with Crippen molar-refractivity contribution in [1.82, 2.24) is 5.32 Å². The molecule has 0 fully saturated rings. The number of carbonyl (C=O) groups excluding carboxylic acids is 1. The highest BCUT2D eigenvalue weighted by molar-refractivity contribution is 8.14. The third kappa shape index (κ3) is 2.99. The number of aryl methyl sites for hydroxylation is 1. The summed E-state index contributed by atoms with van der Waals surface area (Å²) < 4.78 is 18.9. The van der Waals surface area contributed by atoms with Crippen molar-refractivity contribution >= 4 is 22.7 Å². The molecule has 2 atom stereocenters. The van der Waals surface area contributed by atoms with Crippen LogP contribution >= 0.6 is 11.8 Å². The van der Waals surface area contributed by atoms with Crippen LogP contribution in [-0.2, 0) is 13.0 Å². The van der Waals surface area contributed by atoms with Crippen molar-refractivity contribution in [2.24, 2.45) is 4.99 Å². The van der Waals surface area contributed by atoms with E-state index in [1.165, 1.54) is 12.1 Å². The van der Waals surface area contributed by atoms with Gasteiger partial charge in [-0.3, -0.25) is 9.79 Å². The highest BCUT2D eigenvalue weighted by atomic mass is 32.2. The topological polar surface area (TPSA) is 54.6 Å². The molecule has 1 aromatic heterocycles. The van der Waals surface area contributed by atoms with Crippen LogP contribution in [-0.4, -0.2) is 16.2 Å². The summed E-state index contributed by atoms with van der Waals surface area (Å²) in [4.78, 5) is 17.3. The van der Waals surface area contributed by atoms with E-state index in [-0.39, 0.29) is 17.8 Å². The molecule has 1 N–H and O–H groups in total. The van der Waals surface area contributed by atoms with Gasteiger partial charge in [0.05, 0.1) is 11.1 Å². The summed E-state index contributed by atoms with van der Waals surface area (Å²) in [5.74, 6) is 0.742. The summed E-state index contributed by atoms with van der Waals surface area (Å²) in [6.07, 6.45) is 1.87. The molecule has 0 radical (unpaired) electrons. The minimum absolute atomic E-state index is 0.108. The molecule has 2 aromatic rings. The van der Waals surface area contributed by atoms with E-state index in [0.717, 1.165) is 40.3 Å². The molecular formula is C19H19FN2O2S. The number of halogens is 1. The number of rotatable bonds is 3. The number of nitrogens with zero attached hydrogens (tertiary/aromatic N) is 1. The fourth-order valence-electron chi connectivity index (χ4n) is 3.57. The molecule has 0 saturated heterocycles. The average molecular weight is 358 g/mol. The Labute approximate surface area is 149 Å². The summed E-state index contributed by atoms with van der Waals surface area (Å²) in [7, 11) is 0. The summed E-state index contributed by atoms with van der Waals surface area (Å²) in [5.41, 5.74) is 2.82. The first-order valence-electron chi connectivity index (χ1n) is 8.39. The normalized spacial score (nSPS) is 21.5. The Morgan fingerprint density at radius 1 is 1.36 bits per heavy atom. The summed E-state index contributed by atoms with van der Waals surface area (Å²) >= 11 is 1.83. The zero-order valence-electron chi connectivity index (χ0n) is 14.1. The Morgan fingerprint density at radius 2 is 2.12 bits per heavy atom. The zero-order chi connectivity index (χ0) is 17.6. The van der Waals surface area contributed by atoms with E-state index >= 15 is 0 Å². The Bertz CT molecular complexity index is 857. The largest absolute Gasteiger partial charge is 0.455 e. The lowest BCUT2D eigenvalue weighted by atomic mass is 9.90. The zero-order valence-corrected chi connectivity index (χ0v) is 15.0. The number of aliphatic imine (C=N–C) groups is 1. The number of nitrogens with one attached hydrogen (secondary N) is 1. The maximum atomic E-state index is 13.0. The molecule has 2 unspecified atom stereocenters. The van der Waals surface area contributed by atoms with Crippen LogP contribution in [0, 0.1) is 12.7 Å². The minimum atomic E-state index is -0.288. The Morgan fingerprint density at radius 3 is 2.88 bits per heavy atom. The minimum Gasteiger partial charge on any atom is -0.455 e. The third-order valence-electron chi connectivity index (χ3n) is 4.79. The Hall–Kier alpha value is -2.08. The SMILES string of the molecule is CC1=NC2c3c(oc(C(=O)NCc4ccc(F)cc4)c3C)CCC2S1. The van der Waals surface area contributed by atoms with Crippen LogP contribution in [0.15, 0.2) is 33.7 Å². The van der Waals surface area contributed by atoms with Gasteiger partial charge in [0, 0.05) is 29.3 Å². The molecule has 1 aromatic carbocycles. The predicted molar refractivity (Wildman–Crippen MR) is 96.6 cm³/mol. The fraction of sp³-hybridized carbons (Fsp3) is 0.368. The summed E-state index contributed by atoms with van der Waals surface area (Å²) in [6.45, 7) is 4.31. The molecule has 1 aliphatic heterocycles. The first-order valence-corrected chi connectivity index (χ1v) is 9.26. The van der Waals surface area contributed by atoms with E-state index in [1.54, 1.807) is 12.1 Å². The fourth-order valence-corrected chi connectivity index (χ4v) is 4.75. The van der Waals surface area contributed by atoms with Crippen LogP contribution in [0.3, 0.4) is 0 Å². The van der Waals surface area contributed by atoms with Gasteiger partial charge in [0.2, 0.25) is 0 Å². The van der Waals surface area contributed by atoms with Gasteiger partial charge < -0.3 is 9.73 Å². The first-order chi connectivity index (χ1) is 12.0. The molecule has 2 heterocycles. The van der Waals surface area contributed by atoms with Gasteiger partial charge >= 0.3 is 0 Å². The molecule has 130 valence electrons. The molecule has 1 amide bonds. The van der Waals surface area contributed by atoms with Crippen molar-refractivity contribution in [2.75, 3.05) is 0 Å². The standard InChI is InChI=1S/C19H19FN2O2S/c1-10-16-14(7-8-15-17(16)22-11(2)25-15)24-18(10)19(23)21-9-12-3-5-13(20)6-4-12/h3-6,15,17H,7-9H2,1-2H3,(H,21,23). The Kier molecular flexibility index (Phi) is 4.15. The monoisotopic (exact) mass is 358 g/mol. The van der Waals surface area contributed by atoms with Gasteiger partial charge in [0.1, 0.15) is 11.6 Å². The van der Waals surface area contributed by atoms with Crippen molar-refractivity contribution in [2.45, 2.75) is 44.5 Å². The molecular weight excluding hydrogens is 339 g/mol. The van der Waals surface area contributed by atoms with E-state index in [2.05, 4.69) is 5.32 Å². The number of hydrogen-bond acceptors (Lipinski definition) is 4. The number of fused-ring (bicyclic) bond motifs is 3. The highest BCUT2D eigenvalue weighted by Crippen LogP contribution is 2.47. The number of benzene rings is 1. The lowest BCUT2D eigenvalue weighted by Gasteiger charge is -2.22. The van der Waals surface area contributed by atoms with Crippen LogP contribution in [0.25, 0.3) is 0 Å². The molecule has 4 rings (SSSR count). The second-order valence-corrected chi connectivity index (χ2v) is 7.92. The molecule has 1 aliphatic carbocycles. The number of hydrogen-bond donors (Lipinski definition) is 1. The number of thioether (sulfide) groups is 1. The quantitative estimate of drug-likeness (QED) is 0.896. The summed E-state index contributed by atoms with van der Waals surface area (Å²) in [5, 5.41) is 4.42. The van der Waals surface area contributed by atoms with Crippen LogP contribution in [0.1, 0.15) is 52.4 Å². The van der Waals surface area contributed by atoms with E-state index in [4.69, 9.17) is 9.41 Å². The predicted octanol–water partition coefficient (Wildman–Crippen LogP) is 4.18. The van der Waals surface area contributed by atoms with Gasteiger partial charge in [-0.15, -0.1) is 11.8 Å². The number of furan rings is 1. The van der Waals surface area contributed by atoms with Crippen LogP contribution in [0.2, 0.25) is 0 Å². The van der Waals surface area contributed by atoms with E-state index < -0.39 is 0 Å². The highest BCUT2D eigenvalue weighted by Gasteiger charge is 2.39. The van der Waals surface area contributed by atoms with Crippen molar-refractivity contribution in [3.63, 3.8) is 0 Å². The first kappa shape index (κ1) is 16.4. The van der Waals surface area contributed by atoms with Crippen molar-refractivity contribution < 1.29 is 13.6 Å². The van der Waals surface area contributed by atoms with Crippen LogP contribution in [0.5, 0.6) is 0 Å². The summed E-state index contributed by atoms with van der Waals surface area (Å²) in [6, 6.07) is 6.20. The van der Waals surface area contributed by atoms with Crippen molar-refractivity contribution in [3.8, 4) is 0 Å². The van der Waals surface area contributed by atoms with Gasteiger partial charge in [-0.25, -0.2) is 4.39 Å². The molecule has 0 saturated carbocycles. The van der Waals surface area contributed by atoms with Gasteiger partial charge in [-0.1, -0.05) is 12.1 Å². The van der Waals surface area contributed by atoms with Crippen molar-refractivity contribution in [3.05, 3.63) is 58.3 Å².